The van der Waals surface area contributed by atoms with E-state index in [2.05, 4.69) is 32.1 Å². The maximum atomic E-state index is 15.3. The van der Waals surface area contributed by atoms with Crippen LogP contribution in [-0.2, 0) is 20.7 Å². The first-order valence-corrected chi connectivity index (χ1v) is 13.1. The first kappa shape index (κ1) is 24.7. The van der Waals surface area contributed by atoms with Crippen molar-refractivity contribution in [2.75, 3.05) is 26.9 Å². The van der Waals surface area contributed by atoms with Crippen molar-refractivity contribution >= 4 is 11.5 Å². The summed E-state index contributed by atoms with van der Waals surface area (Å²) >= 11 is 0. The highest BCUT2D eigenvalue weighted by atomic mass is 19.1. The van der Waals surface area contributed by atoms with Crippen LogP contribution in [0.25, 0.3) is 16.7 Å². The van der Waals surface area contributed by atoms with Crippen molar-refractivity contribution in [2.45, 2.75) is 45.1 Å². The molecule has 3 aliphatic rings. The molecule has 0 aromatic heterocycles. The van der Waals surface area contributed by atoms with Crippen LogP contribution >= 0.6 is 0 Å². The Morgan fingerprint density at radius 2 is 1.92 bits per heavy atom. The van der Waals surface area contributed by atoms with Gasteiger partial charge in [-0.1, -0.05) is 30.3 Å². The van der Waals surface area contributed by atoms with Crippen LogP contribution in [0.1, 0.15) is 58.2 Å². The van der Waals surface area contributed by atoms with Crippen LogP contribution in [0.4, 0.5) is 4.39 Å². The molecule has 6 heteroatoms. The molecule has 5 nitrogen and oxygen atoms in total. The number of carbonyl (C=O) groups is 1. The maximum Gasteiger partial charge on any atom is 0.306 e. The minimum atomic E-state index is -0.379. The number of benzene rings is 3. The molecule has 1 aliphatic carbocycles. The fourth-order valence-corrected chi connectivity index (χ4v) is 6.14. The Hall–Kier alpha value is -3.64. The summed E-state index contributed by atoms with van der Waals surface area (Å²) in [4.78, 5) is 11.7. The molecule has 0 saturated heterocycles. The van der Waals surface area contributed by atoms with E-state index in [4.69, 9.17) is 18.9 Å². The molecule has 0 bridgehead atoms. The molecular weight excluding hydrogens is 483 g/mol. The van der Waals surface area contributed by atoms with Crippen molar-refractivity contribution in [3.63, 3.8) is 0 Å². The van der Waals surface area contributed by atoms with Crippen LogP contribution in [0.15, 0.2) is 48.5 Å². The molecule has 2 heterocycles. The number of esters is 1. The normalized spacial score (nSPS) is 19.5. The standard InChI is InChI=1S/C32H31FO5/c1-18-12-21(20-10-11-36-16-20)13-19(2)31(18)25-6-8-27(33)32-26(25)7-9-28(32)38-23-4-5-24-22(14-30(34)35-3)17-37-29(24)15-23/h4-6,8,10,12-13,15,22,28H,7,9,11,14,16-17H2,1-3H3/t22?,28-/m1/s1. The van der Waals surface area contributed by atoms with Crippen molar-refractivity contribution < 1.29 is 28.1 Å². The number of ether oxygens (including phenoxy) is 4. The molecule has 0 fully saturated rings. The molecule has 3 aromatic carbocycles. The molecule has 0 N–H and O–H groups in total. The minimum Gasteiger partial charge on any atom is -0.492 e. The lowest BCUT2D eigenvalue weighted by Gasteiger charge is -2.19. The first-order chi connectivity index (χ1) is 18.4. The monoisotopic (exact) mass is 514 g/mol. The number of rotatable bonds is 6. The molecule has 6 rings (SSSR count). The van der Waals surface area contributed by atoms with Crippen LogP contribution in [-0.4, -0.2) is 32.9 Å². The third-order valence-electron chi connectivity index (χ3n) is 7.94. The van der Waals surface area contributed by atoms with E-state index >= 15 is 4.39 Å². The van der Waals surface area contributed by atoms with Gasteiger partial charge in [-0.3, -0.25) is 4.79 Å². The van der Waals surface area contributed by atoms with Crippen LogP contribution in [0.3, 0.4) is 0 Å². The Morgan fingerprint density at radius 3 is 2.66 bits per heavy atom. The van der Waals surface area contributed by atoms with E-state index in [1.807, 2.05) is 24.3 Å². The van der Waals surface area contributed by atoms with Crippen LogP contribution in [0.5, 0.6) is 11.5 Å². The summed E-state index contributed by atoms with van der Waals surface area (Å²) in [7, 11) is 1.39. The Morgan fingerprint density at radius 1 is 1.11 bits per heavy atom. The molecule has 1 unspecified atom stereocenters. The number of hydrogen-bond acceptors (Lipinski definition) is 5. The van der Waals surface area contributed by atoms with Crippen molar-refractivity contribution in [1.29, 1.82) is 0 Å². The van der Waals surface area contributed by atoms with Crippen LogP contribution in [0, 0.1) is 19.7 Å². The third kappa shape index (κ3) is 4.37. The Labute approximate surface area is 222 Å². The average Bonchev–Trinajstić information content (AvgIpc) is 3.66. The summed E-state index contributed by atoms with van der Waals surface area (Å²) in [5.41, 5.74) is 9.62. The topological polar surface area (TPSA) is 54.0 Å². The average molecular weight is 515 g/mol. The van der Waals surface area contributed by atoms with Crippen molar-refractivity contribution in [1.82, 2.24) is 0 Å². The van der Waals surface area contributed by atoms with Gasteiger partial charge < -0.3 is 18.9 Å². The predicted octanol–water partition coefficient (Wildman–Crippen LogP) is 6.63. The maximum absolute atomic E-state index is 15.3. The lowest BCUT2D eigenvalue weighted by Crippen LogP contribution is -2.09. The van der Waals surface area contributed by atoms with Gasteiger partial charge in [-0.05, 0) is 77.8 Å². The van der Waals surface area contributed by atoms with Gasteiger partial charge in [0.2, 0.25) is 0 Å². The number of hydrogen-bond donors (Lipinski definition) is 0. The minimum absolute atomic E-state index is 0.0333. The lowest BCUT2D eigenvalue weighted by atomic mass is 9.88. The van der Waals surface area contributed by atoms with E-state index in [0.717, 1.165) is 28.7 Å². The van der Waals surface area contributed by atoms with E-state index in [1.165, 1.54) is 29.4 Å². The second-order valence-corrected chi connectivity index (χ2v) is 10.3. The van der Waals surface area contributed by atoms with Gasteiger partial charge in [0.05, 0.1) is 33.4 Å². The summed E-state index contributed by atoms with van der Waals surface area (Å²) in [6, 6.07) is 13.6. The van der Waals surface area contributed by atoms with E-state index in [0.29, 0.717) is 43.3 Å². The van der Waals surface area contributed by atoms with E-state index in [1.54, 1.807) is 6.07 Å². The molecular formula is C32H31FO5. The van der Waals surface area contributed by atoms with Gasteiger partial charge >= 0.3 is 5.97 Å². The lowest BCUT2D eigenvalue weighted by molar-refractivity contribution is -0.141. The Kier molecular flexibility index (Phi) is 6.44. The zero-order valence-corrected chi connectivity index (χ0v) is 21.9. The largest absolute Gasteiger partial charge is 0.492 e. The molecule has 0 spiro atoms. The summed E-state index contributed by atoms with van der Waals surface area (Å²) < 4.78 is 37.8. The summed E-state index contributed by atoms with van der Waals surface area (Å²) in [6.07, 6.45) is 3.48. The molecule has 2 aliphatic heterocycles. The van der Waals surface area contributed by atoms with Gasteiger partial charge in [0, 0.05) is 23.1 Å². The zero-order chi connectivity index (χ0) is 26.4. The van der Waals surface area contributed by atoms with Gasteiger partial charge in [0.25, 0.3) is 0 Å². The van der Waals surface area contributed by atoms with Gasteiger partial charge in [-0.2, -0.15) is 0 Å². The van der Waals surface area contributed by atoms with E-state index in [9.17, 15) is 4.79 Å². The molecule has 2 atom stereocenters. The quantitative estimate of drug-likeness (QED) is 0.346. The van der Waals surface area contributed by atoms with Crippen LogP contribution < -0.4 is 9.47 Å². The highest BCUT2D eigenvalue weighted by Gasteiger charge is 2.32. The van der Waals surface area contributed by atoms with Crippen molar-refractivity contribution in [3.8, 4) is 22.6 Å². The number of aryl methyl sites for hydroxylation is 2. The number of carbonyl (C=O) groups excluding carboxylic acids is 1. The van der Waals surface area contributed by atoms with E-state index < -0.39 is 0 Å². The highest BCUT2D eigenvalue weighted by molar-refractivity contribution is 5.79. The number of halogens is 1. The van der Waals surface area contributed by atoms with Gasteiger partial charge in [0.1, 0.15) is 23.4 Å². The molecule has 0 radical (unpaired) electrons. The molecule has 196 valence electrons. The molecule has 0 saturated carbocycles. The summed E-state index contributed by atoms with van der Waals surface area (Å²) in [5, 5.41) is 0. The van der Waals surface area contributed by atoms with Crippen molar-refractivity contribution in [3.05, 3.63) is 87.7 Å². The van der Waals surface area contributed by atoms with E-state index in [-0.39, 0.29) is 30.2 Å². The smallest absolute Gasteiger partial charge is 0.306 e. The second-order valence-electron chi connectivity index (χ2n) is 10.3. The Bertz CT molecular complexity index is 1430. The SMILES string of the molecule is COC(=O)CC1COc2cc(O[C@@H]3CCc4c(-c5c(C)cc(C6=CCOC6)cc5C)ccc(F)c43)ccc21. The summed E-state index contributed by atoms with van der Waals surface area (Å²) in [6.45, 7) is 5.98. The first-order valence-electron chi connectivity index (χ1n) is 13.1. The van der Waals surface area contributed by atoms with Crippen molar-refractivity contribution in [2.24, 2.45) is 0 Å². The van der Waals surface area contributed by atoms with Gasteiger partial charge in [0.15, 0.2) is 0 Å². The van der Waals surface area contributed by atoms with Gasteiger partial charge in [-0.25, -0.2) is 4.39 Å². The van der Waals surface area contributed by atoms with Crippen LogP contribution in [0.2, 0.25) is 0 Å². The number of methoxy groups -OCH3 is 1. The fourth-order valence-electron chi connectivity index (χ4n) is 6.14. The highest BCUT2D eigenvalue weighted by Crippen LogP contribution is 2.45. The second kappa shape index (κ2) is 9.91. The molecule has 38 heavy (non-hydrogen) atoms. The zero-order valence-electron chi connectivity index (χ0n) is 21.9. The predicted molar refractivity (Wildman–Crippen MR) is 143 cm³/mol. The fraction of sp³-hybridized carbons (Fsp3) is 0.344. The Balaban J connectivity index is 1.28. The number of fused-ring (bicyclic) bond motifs is 2. The molecule has 0 amide bonds. The molecule has 3 aromatic rings. The third-order valence-corrected chi connectivity index (χ3v) is 7.94. The van der Waals surface area contributed by atoms with Gasteiger partial charge in [-0.15, -0.1) is 0 Å². The summed E-state index contributed by atoms with van der Waals surface area (Å²) in [5.74, 6) is 0.813.